The fourth-order valence-electron chi connectivity index (χ4n) is 1.67. The maximum atomic E-state index is 5.52. The zero-order valence-electron chi connectivity index (χ0n) is 10.6. The zero-order valence-corrected chi connectivity index (χ0v) is 10.6. The number of hydrogen-bond donors (Lipinski definition) is 1. The Labute approximate surface area is 106 Å². The molecule has 0 aliphatic heterocycles. The van der Waals surface area contributed by atoms with E-state index in [0.29, 0.717) is 24.6 Å². The molecule has 18 heavy (non-hydrogen) atoms. The summed E-state index contributed by atoms with van der Waals surface area (Å²) in [5.74, 6) is 2.87. The van der Waals surface area contributed by atoms with Crippen LogP contribution in [0.2, 0.25) is 0 Å². The van der Waals surface area contributed by atoms with E-state index >= 15 is 0 Å². The third-order valence-electron chi connectivity index (χ3n) is 2.49. The van der Waals surface area contributed by atoms with Gasteiger partial charge in [0, 0.05) is 12.0 Å². The quantitative estimate of drug-likeness (QED) is 0.879. The molecule has 1 aromatic carbocycles. The molecule has 94 valence electrons. The van der Waals surface area contributed by atoms with Gasteiger partial charge in [0.25, 0.3) is 0 Å². The number of methoxy groups -OCH3 is 1. The Morgan fingerprint density at radius 1 is 1.22 bits per heavy atom. The second-order valence-corrected chi connectivity index (χ2v) is 3.89. The third kappa shape index (κ3) is 2.81. The van der Waals surface area contributed by atoms with Crippen molar-refractivity contribution >= 4 is 0 Å². The molecular formula is C13H16N4O. The molecule has 0 aliphatic carbocycles. The van der Waals surface area contributed by atoms with Crippen LogP contribution in [0.15, 0.2) is 24.3 Å². The topological polar surface area (TPSA) is 73.9 Å². The van der Waals surface area contributed by atoms with Crippen molar-refractivity contribution in [3.05, 3.63) is 35.9 Å². The summed E-state index contributed by atoms with van der Waals surface area (Å²) in [4.78, 5) is 13.0. The molecule has 5 heteroatoms. The van der Waals surface area contributed by atoms with Crippen LogP contribution in [0.4, 0.5) is 0 Å². The van der Waals surface area contributed by atoms with Crippen molar-refractivity contribution in [2.24, 2.45) is 5.73 Å². The SMILES string of the molecule is COc1cccc(-c2nc(C)nc(CCN)n2)c1. The third-order valence-corrected chi connectivity index (χ3v) is 2.49. The van der Waals surface area contributed by atoms with Crippen LogP contribution in [-0.2, 0) is 6.42 Å². The monoisotopic (exact) mass is 244 g/mol. The summed E-state index contributed by atoms with van der Waals surface area (Å²) in [6, 6.07) is 7.65. The highest BCUT2D eigenvalue weighted by Gasteiger charge is 2.06. The molecule has 2 aromatic rings. The highest BCUT2D eigenvalue weighted by atomic mass is 16.5. The summed E-state index contributed by atoms with van der Waals surface area (Å²) < 4.78 is 5.19. The lowest BCUT2D eigenvalue weighted by Crippen LogP contribution is -2.09. The Balaban J connectivity index is 2.42. The van der Waals surface area contributed by atoms with Crippen molar-refractivity contribution in [3.63, 3.8) is 0 Å². The minimum absolute atomic E-state index is 0.529. The first-order valence-corrected chi connectivity index (χ1v) is 5.79. The minimum atomic E-state index is 0.529. The molecule has 0 radical (unpaired) electrons. The van der Waals surface area contributed by atoms with E-state index in [1.165, 1.54) is 0 Å². The fraction of sp³-hybridized carbons (Fsp3) is 0.308. The molecule has 0 bridgehead atoms. The number of ether oxygens (including phenoxy) is 1. The van der Waals surface area contributed by atoms with Gasteiger partial charge in [-0.2, -0.15) is 0 Å². The standard InChI is InChI=1S/C13H16N4O/c1-9-15-12(6-7-14)17-13(16-9)10-4-3-5-11(8-10)18-2/h3-5,8H,6-7,14H2,1-2H3. The molecule has 1 heterocycles. The lowest BCUT2D eigenvalue weighted by Gasteiger charge is -2.06. The Bertz CT molecular complexity index is 542. The van der Waals surface area contributed by atoms with Gasteiger partial charge in [-0.3, -0.25) is 0 Å². The van der Waals surface area contributed by atoms with E-state index in [9.17, 15) is 0 Å². The predicted molar refractivity (Wildman–Crippen MR) is 69.3 cm³/mol. The van der Waals surface area contributed by atoms with Crippen LogP contribution in [0, 0.1) is 6.92 Å². The van der Waals surface area contributed by atoms with E-state index in [1.807, 2.05) is 31.2 Å². The van der Waals surface area contributed by atoms with Crippen LogP contribution in [0.3, 0.4) is 0 Å². The number of hydrogen-bond acceptors (Lipinski definition) is 5. The van der Waals surface area contributed by atoms with Gasteiger partial charge in [-0.25, -0.2) is 15.0 Å². The summed E-state index contributed by atoms with van der Waals surface area (Å²) >= 11 is 0. The zero-order chi connectivity index (χ0) is 13.0. The summed E-state index contributed by atoms with van der Waals surface area (Å²) in [7, 11) is 1.64. The summed E-state index contributed by atoms with van der Waals surface area (Å²) in [5, 5.41) is 0. The highest BCUT2D eigenvalue weighted by Crippen LogP contribution is 2.20. The molecule has 5 nitrogen and oxygen atoms in total. The van der Waals surface area contributed by atoms with Crippen LogP contribution in [-0.4, -0.2) is 28.6 Å². The van der Waals surface area contributed by atoms with Crippen LogP contribution in [0.25, 0.3) is 11.4 Å². The number of aryl methyl sites for hydroxylation is 1. The molecule has 2 rings (SSSR count). The van der Waals surface area contributed by atoms with Gasteiger partial charge in [0.1, 0.15) is 17.4 Å². The predicted octanol–water partition coefficient (Wildman–Crippen LogP) is 1.36. The molecule has 2 N–H and O–H groups in total. The van der Waals surface area contributed by atoms with Crippen molar-refractivity contribution in [1.82, 2.24) is 15.0 Å². The number of nitrogens with zero attached hydrogens (tertiary/aromatic N) is 3. The smallest absolute Gasteiger partial charge is 0.163 e. The van der Waals surface area contributed by atoms with Gasteiger partial charge in [0.15, 0.2) is 5.82 Å². The van der Waals surface area contributed by atoms with E-state index < -0.39 is 0 Å². The van der Waals surface area contributed by atoms with Crippen LogP contribution in [0.1, 0.15) is 11.6 Å². The number of rotatable bonds is 4. The normalized spacial score (nSPS) is 10.4. The molecule has 0 atom stereocenters. The van der Waals surface area contributed by atoms with Crippen molar-refractivity contribution < 1.29 is 4.74 Å². The first-order chi connectivity index (χ1) is 8.72. The van der Waals surface area contributed by atoms with E-state index in [4.69, 9.17) is 10.5 Å². The van der Waals surface area contributed by atoms with Gasteiger partial charge in [-0.1, -0.05) is 12.1 Å². The van der Waals surface area contributed by atoms with Crippen molar-refractivity contribution in [1.29, 1.82) is 0 Å². The summed E-state index contributed by atoms with van der Waals surface area (Å²) in [5.41, 5.74) is 6.44. The number of aromatic nitrogens is 3. The van der Waals surface area contributed by atoms with Gasteiger partial charge < -0.3 is 10.5 Å². The first-order valence-electron chi connectivity index (χ1n) is 5.79. The fourth-order valence-corrected chi connectivity index (χ4v) is 1.67. The molecule has 0 saturated carbocycles. The van der Waals surface area contributed by atoms with Gasteiger partial charge in [-0.05, 0) is 25.6 Å². The molecular weight excluding hydrogens is 228 g/mol. The Morgan fingerprint density at radius 2 is 2.06 bits per heavy atom. The number of nitrogens with two attached hydrogens (primary N) is 1. The van der Waals surface area contributed by atoms with Gasteiger partial charge in [-0.15, -0.1) is 0 Å². The number of benzene rings is 1. The van der Waals surface area contributed by atoms with Crippen molar-refractivity contribution in [3.8, 4) is 17.1 Å². The summed E-state index contributed by atoms with van der Waals surface area (Å²) in [6.07, 6.45) is 0.653. The lowest BCUT2D eigenvalue weighted by atomic mass is 10.2. The largest absolute Gasteiger partial charge is 0.497 e. The Morgan fingerprint density at radius 3 is 2.78 bits per heavy atom. The second-order valence-electron chi connectivity index (χ2n) is 3.89. The minimum Gasteiger partial charge on any atom is -0.497 e. The van der Waals surface area contributed by atoms with Crippen molar-refractivity contribution in [2.45, 2.75) is 13.3 Å². The molecule has 0 amide bonds. The maximum Gasteiger partial charge on any atom is 0.163 e. The van der Waals surface area contributed by atoms with Crippen LogP contribution < -0.4 is 10.5 Å². The van der Waals surface area contributed by atoms with Gasteiger partial charge in [0.05, 0.1) is 7.11 Å². The highest BCUT2D eigenvalue weighted by molar-refractivity contribution is 5.57. The Hall–Kier alpha value is -2.01. The average Bonchev–Trinajstić information content (AvgIpc) is 2.38. The molecule has 0 aliphatic rings. The van der Waals surface area contributed by atoms with Gasteiger partial charge in [0.2, 0.25) is 0 Å². The van der Waals surface area contributed by atoms with Crippen LogP contribution >= 0.6 is 0 Å². The molecule has 0 unspecified atom stereocenters. The maximum absolute atomic E-state index is 5.52. The van der Waals surface area contributed by atoms with Gasteiger partial charge >= 0.3 is 0 Å². The van der Waals surface area contributed by atoms with Crippen molar-refractivity contribution in [2.75, 3.05) is 13.7 Å². The molecule has 0 saturated heterocycles. The molecule has 0 fully saturated rings. The second kappa shape index (κ2) is 5.55. The van der Waals surface area contributed by atoms with E-state index in [2.05, 4.69) is 15.0 Å². The van der Waals surface area contributed by atoms with E-state index in [1.54, 1.807) is 7.11 Å². The van der Waals surface area contributed by atoms with E-state index in [0.717, 1.165) is 17.1 Å². The molecule has 1 aromatic heterocycles. The Kier molecular flexibility index (Phi) is 3.84. The van der Waals surface area contributed by atoms with E-state index in [-0.39, 0.29) is 0 Å². The average molecular weight is 244 g/mol. The molecule has 0 spiro atoms. The van der Waals surface area contributed by atoms with Crippen LogP contribution in [0.5, 0.6) is 5.75 Å². The lowest BCUT2D eigenvalue weighted by molar-refractivity contribution is 0.415. The first kappa shape index (κ1) is 12.4. The summed E-state index contributed by atoms with van der Waals surface area (Å²) in [6.45, 7) is 2.38.